The largest absolute Gasteiger partial charge is 0.326 e. The van der Waals surface area contributed by atoms with Crippen molar-refractivity contribution >= 4 is 24.2 Å². The molecule has 0 aromatic heterocycles. The molecule has 2 N–H and O–H groups in total. The van der Waals surface area contributed by atoms with Crippen LogP contribution in [0.25, 0.3) is 0 Å². The second-order valence-corrected chi connectivity index (χ2v) is 4.67. The third-order valence-corrected chi connectivity index (χ3v) is 3.22. The summed E-state index contributed by atoms with van der Waals surface area (Å²) in [6.45, 7) is 2.40. The van der Waals surface area contributed by atoms with E-state index in [4.69, 9.17) is 5.73 Å². The lowest BCUT2D eigenvalue weighted by Crippen LogP contribution is -2.40. The number of amides is 2. The number of unbranched alkanes of at least 4 members (excludes halogenated alkanes) is 1. The fourth-order valence-corrected chi connectivity index (χ4v) is 2.20. The van der Waals surface area contributed by atoms with Gasteiger partial charge in [0.05, 0.1) is 11.1 Å². The van der Waals surface area contributed by atoms with E-state index < -0.39 is 0 Å². The summed E-state index contributed by atoms with van der Waals surface area (Å²) in [5, 5.41) is 0. The maximum absolute atomic E-state index is 12.1. The van der Waals surface area contributed by atoms with Crippen molar-refractivity contribution < 1.29 is 9.59 Å². The van der Waals surface area contributed by atoms with E-state index in [1.54, 1.807) is 24.3 Å². The van der Waals surface area contributed by atoms with E-state index >= 15 is 0 Å². The molecule has 2 rings (SSSR count). The van der Waals surface area contributed by atoms with Gasteiger partial charge in [-0.2, -0.15) is 0 Å². The Morgan fingerprint density at radius 2 is 1.68 bits per heavy atom. The predicted molar refractivity (Wildman–Crippen MR) is 76.6 cm³/mol. The Morgan fingerprint density at radius 1 is 1.16 bits per heavy atom. The van der Waals surface area contributed by atoms with Crippen molar-refractivity contribution in [2.45, 2.75) is 32.2 Å². The fourth-order valence-electron chi connectivity index (χ4n) is 2.20. The number of benzene rings is 1. The molecule has 0 radical (unpaired) electrons. The van der Waals surface area contributed by atoms with Crippen LogP contribution in [-0.2, 0) is 0 Å². The smallest absolute Gasteiger partial charge is 0.261 e. The zero-order valence-corrected chi connectivity index (χ0v) is 11.8. The molecule has 19 heavy (non-hydrogen) atoms. The zero-order chi connectivity index (χ0) is 13.1. The second kappa shape index (κ2) is 6.68. The molecule has 0 bridgehead atoms. The average Bonchev–Trinajstić information content (AvgIpc) is 2.62. The number of hydrogen-bond acceptors (Lipinski definition) is 3. The molecule has 1 aliphatic heterocycles. The average molecular weight is 283 g/mol. The van der Waals surface area contributed by atoms with E-state index in [1.165, 1.54) is 4.90 Å². The lowest BCUT2D eigenvalue weighted by atomic mass is 10.1. The summed E-state index contributed by atoms with van der Waals surface area (Å²) in [6, 6.07) is 6.78. The first-order valence-electron chi connectivity index (χ1n) is 6.36. The predicted octanol–water partition coefficient (Wildman–Crippen LogP) is 2.22. The molecular formula is C14H19ClN2O2. The van der Waals surface area contributed by atoms with Crippen LogP contribution in [0.2, 0.25) is 0 Å². The van der Waals surface area contributed by atoms with E-state index in [2.05, 4.69) is 6.92 Å². The summed E-state index contributed by atoms with van der Waals surface area (Å²) in [7, 11) is 0. The van der Waals surface area contributed by atoms with Crippen molar-refractivity contribution in [3.8, 4) is 0 Å². The highest BCUT2D eigenvalue weighted by Crippen LogP contribution is 2.22. The molecule has 2 amide bonds. The molecule has 0 fully saturated rings. The summed E-state index contributed by atoms with van der Waals surface area (Å²) in [6.07, 6.45) is 2.92. The fraction of sp³-hybridized carbons (Fsp3) is 0.429. The van der Waals surface area contributed by atoms with Crippen molar-refractivity contribution in [1.82, 2.24) is 4.90 Å². The maximum atomic E-state index is 12.1. The van der Waals surface area contributed by atoms with Crippen LogP contribution in [0.15, 0.2) is 24.3 Å². The molecule has 5 heteroatoms. The Kier molecular flexibility index (Phi) is 5.51. The SMILES string of the molecule is CCCCC(N)CN1C(=O)c2ccccc2C1=O.Cl. The minimum atomic E-state index is -0.220. The second-order valence-electron chi connectivity index (χ2n) is 4.67. The molecular weight excluding hydrogens is 264 g/mol. The van der Waals surface area contributed by atoms with Crippen LogP contribution in [0, 0.1) is 0 Å². The van der Waals surface area contributed by atoms with Crippen LogP contribution in [0.5, 0.6) is 0 Å². The molecule has 1 aromatic rings. The molecule has 1 heterocycles. The van der Waals surface area contributed by atoms with Gasteiger partial charge in [-0.3, -0.25) is 14.5 Å². The van der Waals surface area contributed by atoms with Gasteiger partial charge in [-0.15, -0.1) is 12.4 Å². The number of rotatable bonds is 5. The van der Waals surface area contributed by atoms with Crippen LogP contribution >= 0.6 is 12.4 Å². The van der Waals surface area contributed by atoms with Crippen LogP contribution in [-0.4, -0.2) is 29.3 Å². The molecule has 0 saturated heterocycles. The highest BCUT2D eigenvalue weighted by Gasteiger charge is 2.35. The highest BCUT2D eigenvalue weighted by atomic mass is 35.5. The number of nitrogens with zero attached hydrogens (tertiary/aromatic N) is 1. The van der Waals surface area contributed by atoms with Gasteiger partial charge in [0.2, 0.25) is 0 Å². The lowest BCUT2D eigenvalue weighted by Gasteiger charge is -2.18. The first-order valence-corrected chi connectivity index (χ1v) is 6.36. The van der Waals surface area contributed by atoms with Gasteiger partial charge in [-0.05, 0) is 18.6 Å². The Bertz CT molecular complexity index is 441. The van der Waals surface area contributed by atoms with E-state index in [9.17, 15) is 9.59 Å². The minimum Gasteiger partial charge on any atom is -0.326 e. The first kappa shape index (κ1) is 15.7. The van der Waals surface area contributed by atoms with Crippen LogP contribution in [0.4, 0.5) is 0 Å². The molecule has 0 saturated carbocycles. The Labute approximate surface area is 119 Å². The number of hydrogen-bond donors (Lipinski definition) is 1. The molecule has 1 aromatic carbocycles. The van der Waals surface area contributed by atoms with Gasteiger partial charge in [-0.1, -0.05) is 31.9 Å². The Morgan fingerprint density at radius 3 is 2.16 bits per heavy atom. The molecule has 1 aliphatic rings. The van der Waals surface area contributed by atoms with Gasteiger partial charge in [0.15, 0.2) is 0 Å². The monoisotopic (exact) mass is 282 g/mol. The Balaban J connectivity index is 0.00000180. The lowest BCUT2D eigenvalue weighted by molar-refractivity contribution is 0.0643. The highest BCUT2D eigenvalue weighted by molar-refractivity contribution is 6.21. The molecule has 4 nitrogen and oxygen atoms in total. The van der Waals surface area contributed by atoms with Gasteiger partial charge in [-0.25, -0.2) is 0 Å². The van der Waals surface area contributed by atoms with Crippen molar-refractivity contribution in [3.63, 3.8) is 0 Å². The topological polar surface area (TPSA) is 63.4 Å². The van der Waals surface area contributed by atoms with E-state index in [0.29, 0.717) is 17.7 Å². The quantitative estimate of drug-likeness (QED) is 0.842. The molecule has 1 atom stereocenters. The van der Waals surface area contributed by atoms with Crippen LogP contribution < -0.4 is 5.73 Å². The number of nitrogens with two attached hydrogens (primary N) is 1. The summed E-state index contributed by atoms with van der Waals surface area (Å²) in [4.78, 5) is 25.4. The number of fused-ring (bicyclic) bond motifs is 1. The van der Waals surface area contributed by atoms with Crippen molar-refractivity contribution in [1.29, 1.82) is 0 Å². The number of carbonyl (C=O) groups is 2. The summed E-state index contributed by atoms with van der Waals surface area (Å²) < 4.78 is 0. The maximum Gasteiger partial charge on any atom is 0.261 e. The zero-order valence-electron chi connectivity index (χ0n) is 11.0. The van der Waals surface area contributed by atoms with Crippen molar-refractivity contribution in [2.75, 3.05) is 6.54 Å². The van der Waals surface area contributed by atoms with E-state index in [1.807, 2.05) is 0 Å². The third kappa shape index (κ3) is 3.14. The van der Waals surface area contributed by atoms with Gasteiger partial charge in [0.1, 0.15) is 0 Å². The van der Waals surface area contributed by atoms with Crippen LogP contribution in [0.3, 0.4) is 0 Å². The standard InChI is InChI=1S/C14H18N2O2.ClH/c1-2-3-6-10(15)9-16-13(17)11-7-4-5-8-12(11)14(16)18;/h4-5,7-8,10H,2-3,6,9,15H2,1H3;1H. The third-order valence-electron chi connectivity index (χ3n) is 3.22. The van der Waals surface area contributed by atoms with E-state index in [-0.39, 0.29) is 30.3 Å². The number of halogens is 1. The van der Waals surface area contributed by atoms with Gasteiger partial charge < -0.3 is 5.73 Å². The van der Waals surface area contributed by atoms with Gasteiger partial charge in [0.25, 0.3) is 11.8 Å². The molecule has 104 valence electrons. The van der Waals surface area contributed by atoms with Gasteiger partial charge in [0, 0.05) is 12.6 Å². The normalized spacial score (nSPS) is 15.2. The van der Waals surface area contributed by atoms with Crippen molar-refractivity contribution in [3.05, 3.63) is 35.4 Å². The molecule has 1 unspecified atom stereocenters. The summed E-state index contributed by atoms with van der Waals surface area (Å²) in [5.41, 5.74) is 6.93. The number of imide groups is 1. The Hall–Kier alpha value is -1.39. The minimum absolute atomic E-state index is 0. The summed E-state index contributed by atoms with van der Waals surface area (Å²) >= 11 is 0. The van der Waals surface area contributed by atoms with Crippen LogP contribution in [0.1, 0.15) is 46.9 Å². The van der Waals surface area contributed by atoms with Gasteiger partial charge >= 0.3 is 0 Å². The van der Waals surface area contributed by atoms with Crippen molar-refractivity contribution in [2.24, 2.45) is 5.73 Å². The molecule has 0 spiro atoms. The number of carbonyl (C=O) groups excluding carboxylic acids is 2. The molecule has 0 aliphatic carbocycles. The summed E-state index contributed by atoms with van der Waals surface area (Å²) in [5.74, 6) is -0.440. The van der Waals surface area contributed by atoms with E-state index in [0.717, 1.165) is 19.3 Å². The first-order chi connectivity index (χ1) is 8.65.